The molecule has 4 rings (SSSR count). The smallest absolute Gasteiger partial charge is 0.341 e. The lowest BCUT2D eigenvalue weighted by Gasteiger charge is -2.19. The molecule has 0 radical (unpaired) electrons. The normalized spacial score (nSPS) is 15.7. The minimum Gasteiger partial charge on any atom is -0.462 e. The Morgan fingerprint density at radius 2 is 1.97 bits per heavy atom. The Hall–Kier alpha value is -2.70. The molecule has 1 aliphatic heterocycles. The maximum Gasteiger partial charge on any atom is 0.341 e. The highest BCUT2D eigenvalue weighted by molar-refractivity contribution is 7.17. The molecule has 150 valence electrons. The zero-order valence-corrected chi connectivity index (χ0v) is 17.5. The van der Waals surface area contributed by atoms with E-state index in [4.69, 9.17) is 4.74 Å². The van der Waals surface area contributed by atoms with E-state index in [1.165, 1.54) is 16.2 Å². The largest absolute Gasteiger partial charge is 0.462 e. The van der Waals surface area contributed by atoms with E-state index in [-0.39, 0.29) is 18.3 Å². The van der Waals surface area contributed by atoms with Crippen LogP contribution in [0.2, 0.25) is 0 Å². The third-order valence-electron chi connectivity index (χ3n) is 5.32. The summed E-state index contributed by atoms with van der Waals surface area (Å²) in [6.07, 6.45) is 1.09. The number of carbonyl (C=O) groups is 2. The van der Waals surface area contributed by atoms with Crippen molar-refractivity contribution in [2.45, 2.75) is 26.3 Å². The number of benzene rings is 2. The standard InChI is InChI=1S/C23H24N2O3S/c1-3-28-23(27)21-18-11-12-25(2)14-19(18)29-22(21)24-20(26)13-16-9-6-8-15-7-4-5-10-17(15)16/h4-10H,3,11-14H2,1-2H3,(H,24,26)/p+1. The summed E-state index contributed by atoms with van der Waals surface area (Å²) < 4.78 is 5.29. The first-order valence-corrected chi connectivity index (χ1v) is 10.8. The molecule has 0 saturated carbocycles. The molecule has 1 unspecified atom stereocenters. The van der Waals surface area contributed by atoms with Crippen molar-refractivity contribution < 1.29 is 19.2 Å². The van der Waals surface area contributed by atoms with Gasteiger partial charge in [0.2, 0.25) is 5.91 Å². The highest BCUT2D eigenvalue weighted by Crippen LogP contribution is 2.35. The summed E-state index contributed by atoms with van der Waals surface area (Å²) >= 11 is 1.51. The van der Waals surface area contributed by atoms with E-state index in [9.17, 15) is 9.59 Å². The van der Waals surface area contributed by atoms with Crippen LogP contribution in [0.15, 0.2) is 42.5 Å². The summed E-state index contributed by atoms with van der Waals surface area (Å²) in [4.78, 5) is 28.1. The predicted octanol–water partition coefficient (Wildman–Crippen LogP) is 2.83. The molecule has 0 bridgehead atoms. The number of rotatable bonds is 5. The van der Waals surface area contributed by atoms with Crippen molar-refractivity contribution in [3.8, 4) is 0 Å². The van der Waals surface area contributed by atoms with Crippen molar-refractivity contribution in [3.05, 3.63) is 64.0 Å². The number of amides is 1. The van der Waals surface area contributed by atoms with Crippen LogP contribution >= 0.6 is 11.3 Å². The molecule has 29 heavy (non-hydrogen) atoms. The average Bonchev–Trinajstić information content (AvgIpc) is 3.05. The van der Waals surface area contributed by atoms with Crippen LogP contribution < -0.4 is 10.2 Å². The Morgan fingerprint density at radius 1 is 1.17 bits per heavy atom. The quantitative estimate of drug-likeness (QED) is 0.637. The van der Waals surface area contributed by atoms with Gasteiger partial charge in [0.1, 0.15) is 11.5 Å². The van der Waals surface area contributed by atoms with Gasteiger partial charge in [0.05, 0.1) is 37.1 Å². The molecule has 2 heterocycles. The Labute approximate surface area is 174 Å². The maximum absolute atomic E-state index is 12.9. The number of thiophene rings is 1. The summed E-state index contributed by atoms with van der Waals surface area (Å²) in [7, 11) is 2.14. The third-order valence-corrected chi connectivity index (χ3v) is 6.47. The highest BCUT2D eigenvalue weighted by Gasteiger charge is 2.30. The van der Waals surface area contributed by atoms with Gasteiger partial charge in [0, 0.05) is 6.42 Å². The van der Waals surface area contributed by atoms with Crippen molar-refractivity contribution in [2.75, 3.05) is 25.5 Å². The lowest BCUT2D eigenvalue weighted by molar-refractivity contribution is -0.895. The molecule has 1 aromatic heterocycles. The van der Waals surface area contributed by atoms with Crippen LogP contribution in [0.1, 0.15) is 33.3 Å². The van der Waals surface area contributed by atoms with E-state index in [1.807, 2.05) is 42.5 Å². The Morgan fingerprint density at radius 3 is 2.79 bits per heavy atom. The fourth-order valence-corrected chi connectivity index (χ4v) is 5.28. The van der Waals surface area contributed by atoms with E-state index < -0.39 is 0 Å². The lowest BCUT2D eigenvalue weighted by Crippen LogP contribution is -3.08. The van der Waals surface area contributed by atoms with Crippen molar-refractivity contribution in [1.82, 2.24) is 0 Å². The second kappa shape index (κ2) is 8.35. The molecule has 6 heteroatoms. The van der Waals surface area contributed by atoms with Crippen LogP contribution in [-0.4, -0.2) is 32.1 Å². The average molecular weight is 410 g/mol. The van der Waals surface area contributed by atoms with Crippen molar-refractivity contribution in [3.63, 3.8) is 0 Å². The first-order valence-electron chi connectivity index (χ1n) is 9.96. The zero-order valence-electron chi connectivity index (χ0n) is 16.7. The predicted molar refractivity (Wildman–Crippen MR) is 116 cm³/mol. The number of likely N-dealkylation sites (N-methyl/N-ethyl adjacent to an activating group) is 1. The topological polar surface area (TPSA) is 59.8 Å². The fourth-order valence-electron chi connectivity index (χ4n) is 3.92. The first kappa shape index (κ1) is 19.6. The van der Waals surface area contributed by atoms with E-state index in [0.717, 1.165) is 46.3 Å². The molecule has 0 spiro atoms. The van der Waals surface area contributed by atoms with Gasteiger partial charge in [-0.3, -0.25) is 4.79 Å². The highest BCUT2D eigenvalue weighted by atomic mass is 32.1. The van der Waals surface area contributed by atoms with Crippen LogP contribution in [-0.2, 0) is 28.9 Å². The number of anilines is 1. The molecule has 1 aliphatic rings. The Bertz CT molecular complexity index is 1070. The summed E-state index contributed by atoms with van der Waals surface area (Å²) in [5, 5.41) is 5.81. The second-order valence-electron chi connectivity index (χ2n) is 7.43. The van der Waals surface area contributed by atoms with E-state index >= 15 is 0 Å². The first-order chi connectivity index (χ1) is 14.1. The van der Waals surface area contributed by atoms with Crippen LogP contribution in [0.5, 0.6) is 0 Å². The van der Waals surface area contributed by atoms with Gasteiger partial charge in [-0.05, 0) is 28.8 Å². The number of quaternary nitrogens is 1. The van der Waals surface area contributed by atoms with Gasteiger partial charge >= 0.3 is 5.97 Å². The van der Waals surface area contributed by atoms with Crippen LogP contribution in [0, 0.1) is 0 Å². The molecule has 2 N–H and O–H groups in total. The van der Waals surface area contributed by atoms with Gasteiger partial charge in [-0.15, -0.1) is 11.3 Å². The van der Waals surface area contributed by atoms with Crippen molar-refractivity contribution >= 4 is 39.0 Å². The van der Waals surface area contributed by atoms with E-state index in [0.29, 0.717) is 17.2 Å². The number of carbonyl (C=O) groups excluding carboxylic acids is 2. The van der Waals surface area contributed by atoms with Gasteiger partial charge in [0.15, 0.2) is 0 Å². The number of hydrogen-bond acceptors (Lipinski definition) is 4. The van der Waals surface area contributed by atoms with Crippen LogP contribution in [0.25, 0.3) is 10.8 Å². The zero-order chi connectivity index (χ0) is 20.4. The fraction of sp³-hybridized carbons (Fsp3) is 0.304. The summed E-state index contributed by atoms with van der Waals surface area (Å²) in [6, 6.07) is 14.0. The number of ether oxygens (including phenoxy) is 1. The monoisotopic (exact) mass is 409 g/mol. The summed E-state index contributed by atoms with van der Waals surface area (Å²) in [5.74, 6) is -0.462. The number of esters is 1. The molecule has 2 aromatic carbocycles. The minimum atomic E-state index is -0.343. The molecule has 1 amide bonds. The lowest BCUT2D eigenvalue weighted by atomic mass is 10.0. The minimum absolute atomic E-state index is 0.119. The van der Waals surface area contributed by atoms with Gasteiger partial charge in [-0.2, -0.15) is 0 Å². The van der Waals surface area contributed by atoms with Crippen LogP contribution in [0.4, 0.5) is 5.00 Å². The van der Waals surface area contributed by atoms with Crippen molar-refractivity contribution in [1.29, 1.82) is 0 Å². The van der Waals surface area contributed by atoms with Gasteiger partial charge in [-0.25, -0.2) is 4.79 Å². The molecule has 1 atom stereocenters. The summed E-state index contributed by atoms with van der Waals surface area (Å²) in [5.41, 5.74) is 2.56. The van der Waals surface area contributed by atoms with Gasteiger partial charge in [-0.1, -0.05) is 42.5 Å². The number of hydrogen-bond donors (Lipinski definition) is 2. The Kier molecular flexibility index (Phi) is 5.65. The molecule has 0 aliphatic carbocycles. The van der Waals surface area contributed by atoms with E-state index in [2.05, 4.69) is 12.4 Å². The number of nitrogens with one attached hydrogen (secondary N) is 2. The summed E-state index contributed by atoms with van der Waals surface area (Å²) in [6.45, 7) is 3.95. The van der Waals surface area contributed by atoms with E-state index in [1.54, 1.807) is 6.92 Å². The molecule has 0 saturated heterocycles. The molecular weight excluding hydrogens is 384 g/mol. The third kappa shape index (κ3) is 4.04. The SMILES string of the molecule is CCOC(=O)c1c(NC(=O)Cc2cccc3ccccc23)sc2c1CC[NH+](C)C2. The number of fused-ring (bicyclic) bond motifs is 2. The molecule has 0 fully saturated rings. The second-order valence-corrected chi connectivity index (χ2v) is 8.53. The molecule has 5 nitrogen and oxygen atoms in total. The molecular formula is C23H25N2O3S+. The Balaban J connectivity index is 1.61. The van der Waals surface area contributed by atoms with Crippen LogP contribution in [0.3, 0.4) is 0 Å². The van der Waals surface area contributed by atoms with Crippen molar-refractivity contribution in [2.24, 2.45) is 0 Å². The van der Waals surface area contributed by atoms with Gasteiger partial charge < -0.3 is 15.0 Å². The van der Waals surface area contributed by atoms with Gasteiger partial charge in [0.25, 0.3) is 0 Å². The maximum atomic E-state index is 12.9. The molecule has 3 aromatic rings.